The number of likely N-dealkylation sites (tertiary alicyclic amines) is 1. The summed E-state index contributed by atoms with van der Waals surface area (Å²) in [6.45, 7) is 1.19. The molecule has 1 aliphatic rings. The molecule has 0 aromatic carbocycles. The first-order valence-electron chi connectivity index (χ1n) is 7.35. The Labute approximate surface area is 137 Å². The normalized spacial score (nSPS) is 18.3. The van der Waals surface area contributed by atoms with Crippen molar-refractivity contribution in [1.82, 2.24) is 14.9 Å². The van der Waals surface area contributed by atoms with Gasteiger partial charge in [0.25, 0.3) is 0 Å². The first kappa shape index (κ1) is 15.6. The van der Waals surface area contributed by atoms with E-state index in [2.05, 4.69) is 9.97 Å². The van der Waals surface area contributed by atoms with Gasteiger partial charge in [-0.25, -0.2) is 14.4 Å². The monoisotopic (exact) mass is 333 g/mol. The minimum Gasteiger partial charge on any atom is -0.458 e. The third-order valence-electron chi connectivity index (χ3n) is 3.49. The maximum Gasteiger partial charge on any atom is 0.316 e. The number of hydrogen-bond donors (Lipinski definition) is 0. The Morgan fingerprint density at radius 3 is 3.00 bits per heavy atom. The van der Waals surface area contributed by atoms with Gasteiger partial charge in [0, 0.05) is 17.5 Å². The molecule has 2 aromatic rings. The third kappa shape index (κ3) is 4.35. The Kier molecular flexibility index (Phi) is 4.97. The number of amides is 1. The molecule has 0 radical (unpaired) electrons. The summed E-state index contributed by atoms with van der Waals surface area (Å²) >= 11 is 1.59. The quantitative estimate of drug-likeness (QED) is 0.808. The minimum absolute atomic E-state index is 0.0354. The van der Waals surface area contributed by atoms with Crippen LogP contribution in [0.2, 0.25) is 0 Å². The number of carbonyl (C=O) groups is 1. The summed E-state index contributed by atoms with van der Waals surface area (Å²) in [5.41, 5.74) is 0. The molecule has 1 atom stereocenters. The summed E-state index contributed by atoms with van der Waals surface area (Å²) in [6, 6.07) is 4.05. The maximum atomic E-state index is 12.8. The molecule has 1 aliphatic heterocycles. The van der Waals surface area contributed by atoms with Gasteiger partial charge in [0.15, 0.2) is 5.82 Å². The Hall–Kier alpha value is -2.28. The summed E-state index contributed by atoms with van der Waals surface area (Å²) < 4.78 is 18.4. The fourth-order valence-electron chi connectivity index (χ4n) is 2.39. The molecule has 7 heteroatoms. The molecule has 23 heavy (non-hydrogen) atoms. The molecule has 3 rings (SSSR count). The van der Waals surface area contributed by atoms with Crippen LogP contribution in [0.5, 0.6) is 6.01 Å². The summed E-state index contributed by atoms with van der Waals surface area (Å²) in [4.78, 5) is 22.6. The van der Waals surface area contributed by atoms with E-state index in [-0.39, 0.29) is 18.0 Å². The van der Waals surface area contributed by atoms with Gasteiger partial charge in [-0.3, -0.25) is 4.79 Å². The van der Waals surface area contributed by atoms with Crippen molar-refractivity contribution in [3.63, 3.8) is 0 Å². The first-order valence-corrected chi connectivity index (χ1v) is 8.23. The Bertz CT molecular complexity index is 673. The van der Waals surface area contributed by atoms with E-state index in [9.17, 15) is 9.18 Å². The number of hydrogen-bond acceptors (Lipinski definition) is 5. The summed E-state index contributed by atoms with van der Waals surface area (Å²) in [6.07, 6.45) is 7.04. The molecule has 0 spiro atoms. The summed E-state index contributed by atoms with van der Waals surface area (Å²) in [5.74, 6) is -0.539. The lowest BCUT2D eigenvalue weighted by molar-refractivity contribution is -0.128. The van der Waals surface area contributed by atoms with Crippen LogP contribution in [0.15, 0.2) is 36.0 Å². The number of halogens is 1. The van der Waals surface area contributed by atoms with Crippen molar-refractivity contribution in [3.8, 4) is 6.01 Å². The minimum atomic E-state index is -0.503. The van der Waals surface area contributed by atoms with E-state index in [1.54, 1.807) is 22.3 Å². The number of ether oxygens (including phenoxy) is 1. The van der Waals surface area contributed by atoms with Crippen molar-refractivity contribution in [3.05, 3.63) is 46.7 Å². The van der Waals surface area contributed by atoms with Crippen LogP contribution in [0, 0.1) is 5.82 Å². The highest BCUT2D eigenvalue weighted by atomic mass is 32.1. The number of thiophene rings is 1. The molecule has 0 unspecified atom stereocenters. The predicted molar refractivity (Wildman–Crippen MR) is 85.6 cm³/mol. The fraction of sp³-hybridized carbons (Fsp3) is 0.312. The van der Waals surface area contributed by atoms with Gasteiger partial charge in [0.1, 0.15) is 6.10 Å². The molecular weight excluding hydrogens is 317 g/mol. The molecule has 0 N–H and O–H groups in total. The lowest BCUT2D eigenvalue weighted by Gasteiger charge is -2.31. The lowest BCUT2D eigenvalue weighted by Crippen LogP contribution is -2.43. The number of nitrogens with zero attached hydrogens (tertiary/aromatic N) is 3. The van der Waals surface area contributed by atoms with E-state index in [0.717, 1.165) is 30.1 Å². The van der Waals surface area contributed by atoms with E-state index in [4.69, 9.17) is 4.74 Å². The van der Waals surface area contributed by atoms with Crippen LogP contribution >= 0.6 is 11.3 Å². The van der Waals surface area contributed by atoms with E-state index in [0.29, 0.717) is 13.1 Å². The van der Waals surface area contributed by atoms with Crippen LogP contribution in [0.25, 0.3) is 6.08 Å². The molecule has 2 aromatic heterocycles. The summed E-state index contributed by atoms with van der Waals surface area (Å²) in [7, 11) is 0. The van der Waals surface area contributed by atoms with E-state index in [1.807, 2.05) is 23.6 Å². The third-order valence-corrected chi connectivity index (χ3v) is 4.33. The zero-order chi connectivity index (χ0) is 16.1. The van der Waals surface area contributed by atoms with E-state index >= 15 is 0 Å². The molecule has 120 valence electrons. The van der Waals surface area contributed by atoms with Gasteiger partial charge in [-0.05, 0) is 30.4 Å². The SMILES string of the molecule is O=C(/C=C/c1cccs1)N1CCC[C@H](Oc2ncc(F)cn2)C1. The highest BCUT2D eigenvalue weighted by molar-refractivity contribution is 7.10. The van der Waals surface area contributed by atoms with Gasteiger partial charge in [-0.1, -0.05) is 6.07 Å². The van der Waals surface area contributed by atoms with Gasteiger partial charge >= 0.3 is 6.01 Å². The second-order valence-corrected chi connectivity index (χ2v) is 6.18. The van der Waals surface area contributed by atoms with Gasteiger partial charge in [0.2, 0.25) is 5.91 Å². The van der Waals surface area contributed by atoms with Crippen LogP contribution in [0.1, 0.15) is 17.7 Å². The van der Waals surface area contributed by atoms with Crippen LogP contribution in [0.4, 0.5) is 4.39 Å². The fourth-order valence-corrected chi connectivity index (χ4v) is 3.01. The van der Waals surface area contributed by atoms with Gasteiger partial charge < -0.3 is 9.64 Å². The molecule has 1 fully saturated rings. The van der Waals surface area contributed by atoms with Crippen molar-refractivity contribution < 1.29 is 13.9 Å². The number of carbonyl (C=O) groups excluding carboxylic acids is 1. The molecule has 3 heterocycles. The van der Waals surface area contributed by atoms with Crippen molar-refractivity contribution in [2.75, 3.05) is 13.1 Å². The average Bonchev–Trinajstić information content (AvgIpc) is 3.08. The Morgan fingerprint density at radius 2 is 2.26 bits per heavy atom. The first-order chi connectivity index (χ1) is 11.2. The summed E-state index contributed by atoms with van der Waals surface area (Å²) in [5, 5.41) is 1.97. The number of aromatic nitrogens is 2. The largest absolute Gasteiger partial charge is 0.458 e. The van der Waals surface area contributed by atoms with Crippen LogP contribution in [-0.4, -0.2) is 40.0 Å². The van der Waals surface area contributed by atoms with Gasteiger partial charge in [0.05, 0.1) is 18.9 Å². The highest BCUT2D eigenvalue weighted by Gasteiger charge is 2.24. The molecule has 1 saturated heterocycles. The molecule has 1 amide bonds. The van der Waals surface area contributed by atoms with Crippen molar-refractivity contribution >= 4 is 23.3 Å². The smallest absolute Gasteiger partial charge is 0.316 e. The van der Waals surface area contributed by atoms with Crippen LogP contribution in [-0.2, 0) is 4.79 Å². The Balaban J connectivity index is 1.57. The second-order valence-electron chi connectivity index (χ2n) is 5.20. The molecule has 0 aliphatic carbocycles. The van der Waals surface area contributed by atoms with Gasteiger partial charge in [-0.2, -0.15) is 0 Å². The highest BCUT2D eigenvalue weighted by Crippen LogP contribution is 2.16. The average molecular weight is 333 g/mol. The van der Waals surface area contributed by atoms with Crippen LogP contribution in [0.3, 0.4) is 0 Å². The van der Waals surface area contributed by atoms with Crippen LogP contribution < -0.4 is 4.74 Å². The van der Waals surface area contributed by atoms with Crippen molar-refractivity contribution in [2.45, 2.75) is 18.9 Å². The topological polar surface area (TPSA) is 55.3 Å². The molecule has 0 saturated carbocycles. The van der Waals surface area contributed by atoms with E-state index < -0.39 is 5.82 Å². The van der Waals surface area contributed by atoms with Gasteiger partial charge in [-0.15, -0.1) is 11.3 Å². The van der Waals surface area contributed by atoms with E-state index in [1.165, 1.54) is 0 Å². The van der Waals surface area contributed by atoms with Crippen molar-refractivity contribution in [1.29, 1.82) is 0 Å². The lowest BCUT2D eigenvalue weighted by atomic mass is 10.1. The number of rotatable bonds is 4. The molecule has 0 bridgehead atoms. The molecule has 5 nitrogen and oxygen atoms in total. The number of piperidine rings is 1. The maximum absolute atomic E-state index is 12.8. The second kappa shape index (κ2) is 7.32. The zero-order valence-electron chi connectivity index (χ0n) is 12.4. The predicted octanol–water partition coefficient (Wildman–Crippen LogP) is 2.76. The van der Waals surface area contributed by atoms with Crippen molar-refractivity contribution in [2.24, 2.45) is 0 Å². The molecular formula is C16H16FN3O2S. The zero-order valence-corrected chi connectivity index (χ0v) is 13.2. The Morgan fingerprint density at radius 1 is 1.43 bits per heavy atom. The standard InChI is InChI=1S/C16H16FN3O2S/c17-12-9-18-16(19-10-12)22-13-3-1-7-20(11-13)15(21)6-5-14-4-2-8-23-14/h2,4-6,8-10,13H,1,3,7,11H2/b6-5+/t13-/m0/s1.